The van der Waals surface area contributed by atoms with Gasteiger partial charge in [-0.15, -0.1) is 13.2 Å². The Kier molecular flexibility index (Phi) is 5.30. The molecule has 1 aliphatic carbocycles. The normalized spacial score (nSPS) is 14.7. The summed E-state index contributed by atoms with van der Waals surface area (Å²) >= 11 is 0. The molecule has 0 radical (unpaired) electrons. The van der Waals surface area contributed by atoms with Gasteiger partial charge in [-0.05, 0) is 43.2 Å². The lowest BCUT2D eigenvalue weighted by Crippen LogP contribution is -2.40. The highest BCUT2D eigenvalue weighted by Gasteiger charge is 2.31. The van der Waals surface area contributed by atoms with Gasteiger partial charge in [-0.3, -0.25) is 14.3 Å². The van der Waals surface area contributed by atoms with Crippen LogP contribution in [-0.2, 0) is 0 Å². The topological polar surface area (TPSA) is 75.3 Å². The minimum Gasteiger partial charge on any atom is -0.494 e. The van der Waals surface area contributed by atoms with E-state index >= 15 is 0 Å². The molecule has 2 aromatic carbocycles. The van der Waals surface area contributed by atoms with Gasteiger partial charge in [0.25, 0.3) is 5.56 Å². The molecule has 0 N–H and O–H groups in total. The van der Waals surface area contributed by atoms with E-state index in [2.05, 4.69) is 9.72 Å². The van der Waals surface area contributed by atoms with Crippen molar-refractivity contribution < 1.29 is 22.6 Å². The Hall–Kier alpha value is -3.82. The SMILES string of the molecule is COc1cccc2c1ncc1c(=O)n(-c3ccc(OC(F)(F)F)cc3)c(=O)n(C3CCCC3)c12. The number of nitrogens with zero attached hydrogens (tertiary/aromatic N) is 3. The van der Waals surface area contributed by atoms with Crippen LogP contribution in [0.25, 0.3) is 27.5 Å². The Labute approximate surface area is 191 Å². The first-order valence-electron chi connectivity index (χ1n) is 10.8. The summed E-state index contributed by atoms with van der Waals surface area (Å²) in [5.74, 6) is 0.0789. The van der Waals surface area contributed by atoms with Gasteiger partial charge < -0.3 is 9.47 Å². The molecular formula is C24H20F3N3O4. The largest absolute Gasteiger partial charge is 0.573 e. The molecule has 0 atom stereocenters. The van der Waals surface area contributed by atoms with Gasteiger partial charge in [0.1, 0.15) is 17.0 Å². The molecule has 0 bridgehead atoms. The highest BCUT2D eigenvalue weighted by Crippen LogP contribution is 2.34. The molecule has 0 saturated heterocycles. The molecule has 176 valence electrons. The summed E-state index contributed by atoms with van der Waals surface area (Å²) in [7, 11) is 1.52. The van der Waals surface area contributed by atoms with Crippen molar-refractivity contribution in [2.75, 3.05) is 7.11 Å². The van der Waals surface area contributed by atoms with E-state index in [4.69, 9.17) is 4.74 Å². The fraction of sp³-hybridized carbons (Fsp3) is 0.292. The summed E-state index contributed by atoms with van der Waals surface area (Å²) in [4.78, 5) is 31.7. The summed E-state index contributed by atoms with van der Waals surface area (Å²) in [6.45, 7) is 0. The molecule has 5 rings (SSSR count). The highest BCUT2D eigenvalue weighted by molar-refractivity contribution is 6.05. The van der Waals surface area contributed by atoms with Crippen molar-refractivity contribution in [1.29, 1.82) is 0 Å². The number of hydrogen-bond acceptors (Lipinski definition) is 5. The summed E-state index contributed by atoms with van der Waals surface area (Å²) in [5.41, 5.74) is 0.0117. The van der Waals surface area contributed by atoms with E-state index in [1.807, 2.05) is 0 Å². The lowest BCUT2D eigenvalue weighted by molar-refractivity contribution is -0.274. The maximum absolute atomic E-state index is 13.8. The zero-order chi connectivity index (χ0) is 24.0. The lowest BCUT2D eigenvalue weighted by Gasteiger charge is -2.20. The number of benzene rings is 2. The number of para-hydroxylation sites is 1. The molecule has 0 spiro atoms. The maximum atomic E-state index is 13.8. The minimum atomic E-state index is -4.84. The molecule has 4 aromatic rings. The molecule has 7 nitrogen and oxygen atoms in total. The highest BCUT2D eigenvalue weighted by atomic mass is 19.4. The zero-order valence-corrected chi connectivity index (χ0v) is 18.1. The molecule has 10 heteroatoms. The van der Waals surface area contributed by atoms with Crippen molar-refractivity contribution in [2.24, 2.45) is 0 Å². The Morgan fingerprint density at radius 2 is 1.71 bits per heavy atom. The number of ether oxygens (including phenoxy) is 2. The summed E-state index contributed by atoms with van der Waals surface area (Å²) in [6.07, 6.45) is 0.0368. The average Bonchev–Trinajstić information content (AvgIpc) is 3.33. The Bertz CT molecular complexity index is 1500. The Morgan fingerprint density at radius 3 is 2.35 bits per heavy atom. The number of alkyl halides is 3. The molecule has 34 heavy (non-hydrogen) atoms. The molecule has 1 aliphatic rings. The summed E-state index contributed by atoms with van der Waals surface area (Å²) in [6, 6.07) is 9.86. The van der Waals surface area contributed by atoms with Gasteiger partial charge >= 0.3 is 12.1 Å². The molecule has 1 fully saturated rings. The second-order valence-electron chi connectivity index (χ2n) is 8.15. The van der Waals surface area contributed by atoms with Crippen molar-refractivity contribution in [3.8, 4) is 17.2 Å². The summed E-state index contributed by atoms with van der Waals surface area (Å²) < 4.78 is 49.5. The van der Waals surface area contributed by atoms with E-state index in [1.165, 1.54) is 25.4 Å². The molecule has 1 saturated carbocycles. The van der Waals surface area contributed by atoms with Crippen molar-refractivity contribution in [1.82, 2.24) is 14.1 Å². The second kappa shape index (κ2) is 8.19. The third-order valence-electron chi connectivity index (χ3n) is 6.14. The number of methoxy groups -OCH3 is 1. The van der Waals surface area contributed by atoms with Crippen LogP contribution < -0.4 is 20.7 Å². The maximum Gasteiger partial charge on any atom is 0.573 e. The van der Waals surface area contributed by atoms with Gasteiger partial charge in [-0.1, -0.05) is 25.0 Å². The first kappa shape index (κ1) is 22.0. The summed E-state index contributed by atoms with van der Waals surface area (Å²) in [5, 5.41) is 0.863. The molecular weight excluding hydrogens is 451 g/mol. The van der Waals surface area contributed by atoms with Crippen LogP contribution in [-0.4, -0.2) is 27.6 Å². The van der Waals surface area contributed by atoms with Crippen molar-refractivity contribution in [3.05, 3.63) is 69.5 Å². The Morgan fingerprint density at radius 1 is 1.00 bits per heavy atom. The standard InChI is InChI=1S/C24H20F3N3O4/c1-33-19-8-4-7-17-20(19)28-13-18-21(17)29(14-5-2-3-6-14)23(32)30(22(18)31)15-9-11-16(12-10-15)34-24(25,26)27/h4,7-14H,2-3,5-6H2,1H3. The fourth-order valence-corrected chi connectivity index (χ4v) is 4.70. The van der Waals surface area contributed by atoms with Crippen molar-refractivity contribution in [2.45, 2.75) is 38.1 Å². The van der Waals surface area contributed by atoms with Crippen LogP contribution in [0.15, 0.2) is 58.3 Å². The van der Waals surface area contributed by atoms with Crippen LogP contribution in [0.3, 0.4) is 0 Å². The molecule has 0 unspecified atom stereocenters. The van der Waals surface area contributed by atoms with E-state index < -0.39 is 23.4 Å². The molecule has 2 aromatic heterocycles. The number of pyridine rings is 1. The van der Waals surface area contributed by atoms with Crippen molar-refractivity contribution in [3.63, 3.8) is 0 Å². The predicted molar refractivity (Wildman–Crippen MR) is 120 cm³/mol. The van der Waals surface area contributed by atoms with Crippen molar-refractivity contribution >= 4 is 21.8 Å². The van der Waals surface area contributed by atoms with Gasteiger partial charge in [-0.25, -0.2) is 9.36 Å². The third-order valence-corrected chi connectivity index (χ3v) is 6.14. The van der Waals surface area contributed by atoms with Crippen LogP contribution in [0.4, 0.5) is 13.2 Å². The van der Waals surface area contributed by atoms with E-state index in [9.17, 15) is 22.8 Å². The number of rotatable bonds is 4. The van der Waals surface area contributed by atoms with E-state index in [-0.39, 0.29) is 17.1 Å². The Balaban J connectivity index is 1.80. The quantitative estimate of drug-likeness (QED) is 0.403. The van der Waals surface area contributed by atoms with Crippen LogP contribution in [0.2, 0.25) is 0 Å². The first-order valence-corrected chi connectivity index (χ1v) is 10.8. The zero-order valence-electron chi connectivity index (χ0n) is 18.1. The third kappa shape index (κ3) is 3.68. The number of halogens is 3. The first-order chi connectivity index (χ1) is 16.3. The van der Waals surface area contributed by atoms with Crippen LogP contribution in [0.5, 0.6) is 11.5 Å². The minimum absolute atomic E-state index is 0.119. The van der Waals surface area contributed by atoms with Crippen LogP contribution in [0.1, 0.15) is 31.7 Å². The smallest absolute Gasteiger partial charge is 0.494 e. The van der Waals surface area contributed by atoms with Gasteiger partial charge in [0.2, 0.25) is 0 Å². The predicted octanol–water partition coefficient (Wildman–Crippen LogP) is 4.72. The van der Waals surface area contributed by atoms with Gasteiger partial charge in [0.15, 0.2) is 0 Å². The number of aromatic nitrogens is 3. The van der Waals surface area contributed by atoms with E-state index in [0.29, 0.717) is 22.2 Å². The lowest BCUT2D eigenvalue weighted by atomic mass is 10.1. The van der Waals surface area contributed by atoms with Crippen LogP contribution >= 0.6 is 0 Å². The average molecular weight is 471 g/mol. The molecule has 0 aliphatic heterocycles. The van der Waals surface area contributed by atoms with E-state index in [0.717, 1.165) is 42.4 Å². The molecule has 0 amide bonds. The molecule has 2 heterocycles. The van der Waals surface area contributed by atoms with Gasteiger partial charge in [0, 0.05) is 17.6 Å². The van der Waals surface area contributed by atoms with Gasteiger partial charge in [-0.2, -0.15) is 0 Å². The monoisotopic (exact) mass is 471 g/mol. The van der Waals surface area contributed by atoms with E-state index in [1.54, 1.807) is 22.8 Å². The fourth-order valence-electron chi connectivity index (χ4n) is 4.70. The van der Waals surface area contributed by atoms with Crippen LogP contribution in [0, 0.1) is 0 Å². The number of fused-ring (bicyclic) bond motifs is 3. The van der Waals surface area contributed by atoms with Gasteiger partial charge in [0.05, 0.1) is 23.7 Å². The number of hydrogen-bond donors (Lipinski definition) is 0. The second-order valence-corrected chi connectivity index (χ2v) is 8.15.